The summed E-state index contributed by atoms with van der Waals surface area (Å²) >= 11 is 0. The monoisotopic (exact) mass is 127 g/mol. The molecule has 1 amide bonds. The molecule has 0 aromatic rings. The van der Waals surface area contributed by atoms with E-state index in [1.807, 2.05) is 7.05 Å². The minimum absolute atomic E-state index is 0.136. The van der Waals surface area contributed by atoms with Crippen LogP contribution in [-0.4, -0.2) is 30.2 Å². The van der Waals surface area contributed by atoms with Crippen molar-refractivity contribution in [3.63, 3.8) is 0 Å². The number of amides is 1. The van der Waals surface area contributed by atoms with Gasteiger partial charge in [-0.15, -0.1) is 0 Å². The molecule has 1 saturated carbocycles. The van der Waals surface area contributed by atoms with Crippen molar-refractivity contribution < 1.29 is 9.53 Å². The molecule has 1 saturated heterocycles. The van der Waals surface area contributed by atoms with E-state index in [1.165, 1.54) is 0 Å². The summed E-state index contributed by atoms with van der Waals surface area (Å²) in [7, 11) is 1.81. The summed E-state index contributed by atoms with van der Waals surface area (Å²) < 4.78 is 4.83. The maximum absolute atomic E-state index is 10.7. The van der Waals surface area contributed by atoms with Gasteiger partial charge < -0.3 is 9.64 Å². The zero-order valence-corrected chi connectivity index (χ0v) is 5.39. The quantitative estimate of drug-likeness (QED) is 0.477. The smallest absolute Gasteiger partial charge is 0.410 e. The summed E-state index contributed by atoms with van der Waals surface area (Å²) in [6, 6.07) is 0. The van der Waals surface area contributed by atoms with Gasteiger partial charge in [-0.2, -0.15) is 0 Å². The Labute approximate surface area is 53.6 Å². The number of hydrogen-bond acceptors (Lipinski definition) is 2. The van der Waals surface area contributed by atoms with Crippen molar-refractivity contribution in [3.8, 4) is 0 Å². The maximum Gasteiger partial charge on any atom is 0.410 e. The molecule has 1 heterocycles. The van der Waals surface area contributed by atoms with Crippen LogP contribution < -0.4 is 0 Å². The van der Waals surface area contributed by atoms with Crippen LogP contribution in [0, 0.1) is 0 Å². The van der Waals surface area contributed by atoms with Crippen LogP contribution in [0.15, 0.2) is 0 Å². The largest absolute Gasteiger partial charge is 0.447 e. The van der Waals surface area contributed by atoms with E-state index >= 15 is 0 Å². The van der Waals surface area contributed by atoms with E-state index in [1.54, 1.807) is 4.90 Å². The molecule has 1 aliphatic heterocycles. The summed E-state index contributed by atoms with van der Waals surface area (Å²) in [5.74, 6) is 0. The Morgan fingerprint density at radius 3 is 2.56 bits per heavy atom. The van der Waals surface area contributed by atoms with Gasteiger partial charge in [-0.1, -0.05) is 0 Å². The van der Waals surface area contributed by atoms with Crippen molar-refractivity contribution in [2.45, 2.75) is 18.4 Å². The average Bonchev–Trinajstić information content (AvgIpc) is 2.57. The molecule has 0 radical (unpaired) electrons. The number of ether oxygens (including phenoxy) is 1. The molecule has 2 fully saturated rings. The number of hydrogen-bond donors (Lipinski definition) is 0. The number of nitrogens with zero attached hydrogens (tertiary/aromatic N) is 1. The molecule has 1 spiro atoms. The lowest BCUT2D eigenvalue weighted by atomic mass is 10.3. The van der Waals surface area contributed by atoms with Crippen molar-refractivity contribution >= 4 is 6.09 Å². The number of likely N-dealkylation sites (N-methyl/N-ethyl adjacent to an activating group) is 1. The van der Waals surface area contributed by atoms with Gasteiger partial charge in [-0.05, 0) is 12.8 Å². The SMILES string of the molecule is CN1C(=O)OCC12CC2. The molecule has 50 valence electrons. The zero-order valence-electron chi connectivity index (χ0n) is 5.39. The minimum Gasteiger partial charge on any atom is -0.447 e. The lowest BCUT2D eigenvalue weighted by Crippen LogP contribution is -2.30. The van der Waals surface area contributed by atoms with Gasteiger partial charge in [0, 0.05) is 7.05 Å². The summed E-state index contributed by atoms with van der Waals surface area (Å²) in [4.78, 5) is 12.4. The molecule has 0 N–H and O–H groups in total. The van der Waals surface area contributed by atoms with Crippen LogP contribution in [0.25, 0.3) is 0 Å². The lowest BCUT2D eigenvalue weighted by Gasteiger charge is -2.12. The Hall–Kier alpha value is -0.730. The predicted molar refractivity (Wildman–Crippen MR) is 31.1 cm³/mol. The molecule has 3 nitrogen and oxygen atoms in total. The second kappa shape index (κ2) is 1.23. The first kappa shape index (κ1) is 5.09. The van der Waals surface area contributed by atoms with E-state index in [0.717, 1.165) is 12.8 Å². The highest BCUT2D eigenvalue weighted by molar-refractivity contribution is 5.71. The fourth-order valence-electron chi connectivity index (χ4n) is 1.21. The van der Waals surface area contributed by atoms with Crippen LogP contribution in [0.5, 0.6) is 0 Å². The highest BCUT2D eigenvalue weighted by Crippen LogP contribution is 2.44. The highest BCUT2D eigenvalue weighted by Gasteiger charge is 2.54. The van der Waals surface area contributed by atoms with Crippen molar-refractivity contribution in [2.24, 2.45) is 0 Å². The van der Waals surface area contributed by atoms with Crippen molar-refractivity contribution in [2.75, 3.05) is 13.7 Å². The molecule has 2 aliphatic rings. The third-order valence-corrected chi connectivity index (χ3v) is 2.28. The number of carbonyl (C=O) groups excluding carboxylic acids is 1. The Bertz CT molecular complexity index is 162. The van der Waals surface area contributed by atoms with Crippen LogP contribution in [0.1, 0.15) is 12.8 Å². The van der Waals surface area contributed by atoms with Gasteiger partial charge in [0.15, 0.2) is 0 Å². The standard InChI is InChI=1S/C6H9NO2/c1-7-5(8)9-4-6(7)2-3-6/h2-4H2,1H3. The Morgan fingerprint density at radius 1 is 1.67 bits per heavy atom. The summed E-state index contributed by atoms with van der Waals surface area (Å²) in [6.07, 6.45) is 2.08. The average molecular weight is 127 g/mol. The third-order valence-electron chi connectivity index (χ3n) is 2.28. The van der Waals surface area contributed by atoms with E-state index in [9.17, 15) is 4.79 Å². The summed E-state index contributed by atoms with van der Waals surface area (Å²) in [5, 5.41) is 0. The number of cyclic esters (lactones) is 1. The van der Waals surface area contributed by atoms with E-state index in [0.29, 0.717) is 6.61 Å². The van der Waals surface area contributed by atoms with E-state index in [2.05, 4.69) is 0 Å². The minimum atomic E-state index is -0.160. The van der Waals surface area contributed by atoms with Crippen molar-refractivity contribution in [1.82, 2.24) is 4.90 Å². The van der Waals surface area contributed by atoms with E-state index in [-0.39, 0.29) is 11.6 Å². The molecule has 9 heavy (non-hydrogen) atoms. The molecule has 0 bridgehead atoms. The van der Waals surface area contributed by atoms with Crippen molar-refractivity contribution in [3.05, 3.63) is 0 Å². The first-order valence-corrected chi connectivity index (χ1v) is 3.15. The van der Waals surface area contributed by atoms with Gasteiger partial charge >= 0.3 is 6.09 Å². The molecule has 0 unspecified atom stereocenters. The molecule has 0 atom stereocenters. The predicted octanol–water partition coefficient (Wildman–Crippen LogP) is 0.601. The van der Waals surface area contributed by atoms with Crippen LogP contribution in [0.4, 0.5) is 4.79 Å². The topological polar surface area (TPSA) is 29.5 Å². The number of rotatable bonds is 0. The van der Waals surface area contributed by atoms with Crippen LogP contribution in [0.2, 0.25) is 0 Å². The summed E-state index contributed by atoms with van der Waals surface area (Å²) in [5.41, 5.74) is 0.136. The van der Waals surface area contributed by atoms with Crippen LogP contribution in [-0.2, 0) is 4.74 Å². The second-order valence-corrected chi connectivity index (χ2v) is 2.84. The van der Waals surface area contributed by atoms with Gasteiger partial charge in [0.25, 0.3) is 0 Å². The molecular formula is C6H9NO2. The lowest BCUT2D eigenvalue weighted by molar-refractivity contribution is 0.163. The van der Waals surface area contributed by atoms with Crippen LogP contribution in [0.3, 0.4) is 0 Å². The fraction of sp³-hybridized carbons (Fsp3) is 0.833. The van der Waals surface area contributed by atoms with Crippen LogP contribution >= 0.6 is 0 Å². The molecular weight excluding hydrogens is 118 g/mol. The van der Waals surface area contributed by atoms with Crippen molar-refractivity contribution in [1.29, 1.82) is 0 Å². The highest BCUT2D eigenvalue weighted by atomic mass is 16.6. The van der Waals surface area contributed by atoms with Gasteiger partial charge in [0.1, 0.15) is 6.61 Å². The molecule has 3 heteroatoms. The third kappa shape index (κ3) is 0.491. The number of carbonyl (C=O) groups is 1. The van der Waals surface area contributed by atoms with Gasteiger partial charge in [-0.25, -0.2) is 4.79 Å². The first-order chi connectivity index (χ1) is 4.25. The molecule has 0 aromatic carbocycles. The fourth-order valence-corrected chi connectivity index (χ4v) is 1.21. The first-order valence-electron chi connectivity index (χ1n) is 3.15. The normalized spacial score (nSPS) is 29.0. The van der Waals surface area contributed by atoms with E-state index < -0.39 is 0 Å². The second-order valence-electron chi connectivity index (χ2n) is 2.84. The van der Waals surface area contributed by atoms with Gasteiger partial charge in [-0.3, -0.25) is 0 Å². The molecule has 0 aromatic heterocycles. The Kier molecular flexibility index (Phi) is 0.693. The summed E-state index contributed by atoms with van der Waals surface area (Å²) in [6.45, 7) is 0.613. The maximum atomic E-state index is 10.7. The van der Waals surface area contributed by atoms with Gasteiger partial charge in [0.05, 0.1) is 5.54 Å². The molecule has 2 rings (SSSR count). The van der Waals surface area contributed by atoms with E-state index in [4.69, 9.17) is 4.74 Å². The van der Waals surface area contributed by atoms with Gasteiger partial charge in [0.2, 0.25) is 0 Å². The molecule has 1 aliphatic carbocycles. The zero-order chi connectivity index (χ0) is 6.48. The Morgan fingerprint density at radius 2 is 2.33 bits per heavy atom. The Balaban J connectivity index is 2.22.